The first-order valence-corrected chi connectivity index (χ1v) is 14.2. The average Bonchev–Trinajstić information content (AvgIpc) is 3.15. The van der Waals surface area contributed by atoms with Gasteiger partial charge in [0, 0.05) is 57.4 Å². The van der Waals surface area contributed by atoms with Gasteiger partial charge < -0.3 is 23.7 Å². The van der Waals surface area contributed by atoms with Crippen molar-refractivity contribution in [1.29, 1.82) is 0 Å². The second kappa shape index (κ2) is 13.6. The Morgan fingerprint density at radius 1 is 0.814 bits per heavy atom. The van der Waals surface area contributed by atoms with Crippen molar-refractivity contribution in [2.75, 3.05) is 0 Å². The number of Topliss-reactive ketones (excluding diaryl/α,β-unsaturated/α-hetero) is 2. The predicted octanol–water partition coefficient (Wildman–Crippen LogP) is 2.99. The maximum atomic E-state index is 14.3. The van der Waals surface area contributed by atoms with Crippen LogP contribution in [0.15, 0.2) is 24.3 Å². The topological polar surface area (TPSA) is 166 Å². The summed E-state index contributed by atoms with van der Waals surface area (Å²) in [5.41, 5.74) is -3.63. The van der Waals surface area contributed by atoms with Gasteiger partial charge in [0.25, 0.3) is 0 Å². The van der Waals surface area contributed by atoms with Gasteiger partial charge in [0.1, 0.15) is 12.2 Å². The minimum atomic E-state index is -2.01. The fourth-order valence-electron chi connectivity index (χ4n) is 5.84. The number of ketones is 2. The summed E-state index contributed by atoms with van der Waals surface area (Å²) in [6.07, 6.45) is -3.60. The molecule has 1 fully saturated rings. The number of rotatable bonds is 6. The molecular weight excluding hydrogens is 564 g/mol. The number of carbonyl (C=O) groups excluding carboxylic acids is 7. The molecule has 12 nitrogen and oxygen atoms in total. The summed E-state index contributed by atoms with van der Waals surface area (Å²) in [5, 5.41) is 0. The van der Waals surface area contributed by atoms with E-state index < -0.39 is 94.6 Å². The van der Waals surface area contributed by atoms with Crippen LogP contribution in [-0.2, 0) is 57.2 Å². The van der Waals surface area contributed by atoms with E-state index >= 15 is 0 Å². The van der Waals surface area contributed by atoms with Crippen molar-refractivity contribution in [2.24, 2.45) is 23.2 Å². The summed E-state index contributed by atoms with van der Waals surface area (Å²) in [4.78, 5) is 90.7. The number of esters is 5. The summed E-state index contributed by atoms with van der Waals surface area (Å²) in [6, 6.07) is 0. The van der Waals surface area contributed by atoms with Gasteiger partial charge in [0.15, 0.2) is 23.3 Å². The van der Waals surface area contributed by atoms with Crippen molar-refractivity contribution in [3.63, 3.8) is 0 Å². The van der Waals surface area contributed by atoms with Crippen molar-refractivity contribution in [3.8, 4) is 0 Å². The van der Waals surface area contributed by atoms with Crippen LogP contribution in [0.25, 0.3) is 0 Å². The molecule has 0 aliphatic heterocycles. The summed E-state index contributed by atoms with van der Waals surface area (Å²) >= 11 is 0. The fourth-order valence-corrected chi connectivity index (χ4v) is 5.84. The largest absolute Gasteiger partial charge is 0.462 e. The quantitative estimate of drug-likeness (QED) is 0.247. The van der Waals surface area contributed by atoms with Crippen molar-refractivity contribution in [2.45, 2.75) is 105 Å². The highest BCUT2D eigenvalue weighted by Gasteiger charge is 2.65. The van der Waals surface area contributed by atoms with Crippen LogP contribution < -0.4 is 0 Å². The fraction of sp³-hybridized carbons (Fsp3) is 0.645. The van der Waals surface area contributed by atoms with Gasteiger partial charge in [-0.25, -0.2) is 0 Å². The number of fused-ring (bicyclic) bond motifs is 1. The lowest BCUT2D eigenvalue weighted by molar-refractivity contribution is -0.187. The van der Waals surface area contributed by atoms with Crippen molar-refractivity contribution < 1.29 is 57.2 Å². The Bertz CT molecular complexity index is 1210. The number of allylic oxidation sites excluding steroid dienone is 2. The zero-order valence-electron chi connectivity index (χ0n) is 26.2. The first-order chi connectivity index (χ1) is 19.8. The molecule has 2 aliphatic rings. The number of ether oxygens (including phenoxy) is 5. The van der Waals surface area contributed by atoms with Gasteiger partial charge in [-0.15, -0.1) is 0 Å². The maximum absolute atomic E-state index is 14.3. The van der Waals surface area contributed by atoms with Gasteiger partial charge >= 0.3 is 29.8 Å². The highest BCUT2D eigenvalue weighted by molar-refractivity contribution is 5.95. The molecule has 1 saturated carbocycles. The van der Waals surface area contributed by atoms with E-state index in [2.05, 4.69) is 6.58 Å². The zero-order valence-corrected chi connectivity index (χ0v) is 26.2. The first kappa shape index (κ1) is 35.4. The number of hydrogen-bond acceptors (Lipinski definition) is 12. The molecule has 0 amide bonds. The third-order valence-corrected chi connectivity index (χ3v) is 7.70. The third-order valence-electron chi connectivity index (χ3n) is 7.70. The molecule has 12 heteroatoms. The van der Waals surface area contributed by atoms with Crippen LogP contribution in [-0.4, -0.2) is 71.4 Å². The lowest BCUT2D eigenvalue weighted by Gasteiger charge is -2.42. The molecule has 0 aromatic heterocycles. The molecule has 238 valence electrons. The van der Waals surface area contributed by atoms with E-state index in [-0.39, 0.29) is 18.4 Å². The van der Waals surface area contributed by atoms with Crippen molar-refractivity contribution >= 4 is 41.4 Å². The van der Waals surface area contributed by atoms with Crippen molar-refractivity contribution in [1.82, 2.24) is 0 Å². The second-order valence-electron chi connectivity index (χ2n) is 11.8. The van der Waals surface area contributed by atoms with E-state index in [1.54, 1.807) is 13.8 Å². The molecular formula is C31H42O12. The Labute approximate surface area is 251 Å². The molecule has 0 bridgehead atoms. The monoisotopic (exact) mass is 606 g/mol. The molecule has 43 heavy (non-hydrogen) atoms. The Hall–Kier alpha value is -3.83. The van der Waals surface area contributed by atoms with Crippen LogP contribution in [0.5, 0.6) is 0 Å². The average molecular weight is 607 g/mol. The minimum absolute atomic E-state index is 0.119. The molecule has 0 radical (unpaired) electrons. The molecule has 0 heterocycles. The molecule has 0 spiro atoms. The highest BCUT2D eigenvalue weighted by atomic mass is 16.6. The molecule has 0 unspecified atom stereocenters. The molecule has 2 aliphatic carbocycles. The Kier molecular flexibility index (Phi) is 11.2. The summed E-state index contributed by atoms with van der Waals surface area (Å²) in [6.45, 7) is 16.2. The van der Waals surface area contributed by atoms with Gasteiger partial charge in [-0.2, -0.15) is 0 Å². The van der Waals surface area contributed by atoms with E-state index in [9.17, 15) is 33.6 Å². The van der Waals surface area contributed by atoms with Crippen LogP contribution in [0.3, 0.4) is 0 Å². The lowest BCUT2D eigenvalue weighted by atomic mass is 9.72. The number of hydrogen-bond donors (Lipinski definition) is 0. The zero-order chi connectivity index (χ0) is 33.0. The van der Waals surface area contributed by atoms with E-state index in [0.717, 1.165) is 27.7 Å². The van der Waals surface area contributed by atoms with Crippen LogP contribution in [0, 0.1) is 23.2 Å². The molecule has 8 atom stereocenters. The van der Waals surface area contributed by atoms with E-state index in [1.807, 2.05) is 0 Å². The standard InChI is InChI=1S/C31H42O12/c1-11-22(36)42-26-17(4)25(40-19(6)33)23-24(39-18(5)32)16(3)14-31(23,43-21(8)35)28(37)15(2)12-13-30(9,10)29(38)27(26)41-20(7)34/h12-13,15-16,23-27H,4,11,14H2,1-3,5-10H3/t15-,16-,23+,24-,25-,26-,27+,31+/m0/s1. The second-order valence-corrected chi connectivity index (χ2v) is 11.8. The van der Waals surface area contributed by atoms with Crippen molar-refractivity contribution in [3.05, 3.63) is 24.3 Å². The van der Waals surface area contributed by atoms with Crippen LogP contribution >= 0.6 is 0 Å². The predicted molar refractivity (Wildman–Crippen MR) is 150 cm³/mol. The third kappa shape index (κ3) is 7.77. The van der Waals surface area contributed by atoms with Gasteiger partial charge in [0.05, 0.1) is 5.92 Å². The molecule has 0 aromatic rings. The van der Waals surface area contributed by atoms with Crippen LogP contribution in [0.4, 0.5) is 0 Å². The smallest absolute Gasteiger partial charge is 0.306 e. The van der Waals surface area contributed by atoms with E-state index in [4.69, 9.17) is 23.7 Å². The van der Waals surface area contributed by atoms with Gasteiger partial charge in [-0.1, -0.05) is 39.5 Å². The van der Waals surface area contributed by atoms with Crippen LogP contribution in [0.2, 0.25) is 0 Å². The number of carbonyl (C=O) groups is 7. The van der Waals surface area contributed by atoms with Crippen LogP contribution in [0.1, 0.15) is 75.2 Å². The summed E-state index contributed by atoms with van der Waals surface area (Å²) in [5.74, 6) is -8.34. The van der Waals surface area contributed by atoms with Gasteiger partial charge in [0.2, 0.25) is 6.10 Å². The molecule has 2 rings (SSSR count). The maximum Gasteiger partial charge on any atom is 0.306 e. The van der Waals surface area contributed by atoms with Gasteiger partial charge in [-0.3, -0.25) is 33.6 Å². The summed E-state index contributed by atoms with van der Waals surface area (Å²) in [7, 11) is 0. The molecule has 0 N–H and O–H groups in total. The van der Waals surface area contributed by atoms with E-state index in [0.29, 0.717) is 0 Å². The Morgan fingerprint density at radius 2 is 1.35 bits per heavy atom. The minimum Gasteiger partial charge on any atom is -0.462 e. The van der Waals surface area contributed by atoms with Gasteiger partial charge in [-0.05, 0) is 19.8 Å². The molecule has 0 saturated heterocycles. The Morgan fingerprint density at radius 3 is 1.84 bits per heavy atom. The lowest BCUT2D eigenvalue weighted by Crippen LogP contribution is -2.58. The van der Waals surface area contributed by atoms with E-state index in [1.165, 1.54) is 32.9 Å². The highest BCUT2D eigenvalue weighted by Crippen LogP contribution is 2.51. The SMILES string of the molecule is C=C1[C@H](OC(C)=O)[C@H]2[C@@H](OC(C)=O)[C@@H](C)C[C@]2(OC(C)=O)C(=O)[C@@H](C)C=CC(C)(C)C(=O)[C@H](OC(C)=O)[C@H]1OC(=O)CC. The normalized spacial score (nSPS) is 32.4. The first-order valence-electron chi connectivity index (χ1n) is 14.2. The Balaban J connectivity index is 3.08. The summed E-state index contributed by atoms with van der Waals surface area (Å²) < 4.78 is 28.3. The molecule has 0 aromatic carbocycles.